The molecule has 9 heteroatoms. The summed E-state index contributed by atoms with van der Waals surface area (Å²) in [5.41, 5.74) is 0. The van der Waals surface area contributed by atoms with Crippen molar-refractivity contribution in [3.8, 4) is 0 Å². The summed E-state index contributed by atoms with van der Waals surface area (Å²) in [5, 5.41) is 6.37. The molecule has 0 amide bonds. The molecule has 0 atom stereocenters. The summed E-state index contributed by atoms with van der Waals surface area (Å²) in [6.07, 6.45) is 2.48. The average molecular weight is 363 g/mol. The molecule has 1 aromatic carbocycles. The smallest absolute Gasteiger partial charge is 0.243 e. The Morgan fingerprint density at radius 2 is 2.20 bits per heavy atom. The van der Waals surface area contributed by atoms with E-state index in [-0.39, 0.29) is 11.4 Å². The van der Waals surface area contributed by atoms with Crippen LogP contribution in [0.1, 0.15) is 12.2 Å². The van der Waals surface area contributed by atoms with Gasteiger partial charge < -0.3 is 0 Å². The first-order valence-corrected chi connectivity index (χ1v) is 8.05. The van der Waals surface area contributed by atoms with Gasteiger partial charge in [-0.1, -0.05) is 15.9 Å². The van der Waals surface area contributed by atoms with Gasteiger partial charge in [0.1, 0.15) is 22.9 Å². The second-order valence-corrected chi connectivity index (χ2v) is 6.66. The summed E-state index contributed by atoms with van der Waals surface area (Å²) in [4.78, 5) is 3.56. The van der Waals surface area contributed by atoms with E-state index >= 15 is 0 Å². The number of H-pyrrole nitrogens is 1. The highest BCUT2D eigenvalue weighted by Gasteiger charge is 2.18. The second kappa shape index (κ2) is 6.42. The van der Waals surface area contributed by atoms with Crippen LogP contribution < -0.4 is 4.72 Å². The van der Waals surface area contributed by atoms with Gasteiger partial charge in [-0.3, -0.25) is 5.10 Å². The lowest BCUT2D eigenvalue weighted by molar-refractivity contribution is 0.554. The van der Waals surface area contributed by atoms with E-state index in [1.165, 1.54) is 18.5 Å². The molecule has 0 spiro atoms. The zero-order valence-electron chi connectivity index (χ0n) is 10.3. The molecule has 0 aliphatic heterocycles. The van der Waals surface area contributed by atoms with E-state index in [0.29, 0.717) is 23.1 Å². The van der Waals surface area contributed by atoms with Crippen molar-refractivity contribution in [2.75, 3.05) is 6.54 Å². The largest absolute Gasteiger partial charge is 0.263 e. The van der Waals surface area contributed by atoms with E-state index in [9.17, 15) is 12.8 Å². The molecule has 108 valence electrons. The van der Waals surface area contributed by atoms with Crippen molar-refractivity contribution >= 4 is 26.0 Å². The van der Waals surface area contributed by atoms with Gasteiger partial charge >= 0.3 is 0 Å². The molecule has 2 N–H and O–H groups in total. The van der Waals surface area contributed by atoms with Gasteiger partial charge in [-0.2, -0.15) is 5.10 Å². The Kier molecular flexibility index (Phi) is 4.84. The van der Waals surface area contributed by atoms with Crippen LogP contribution in [0.5, 0.6) is 0 Å². The van der Waals surface area contributed by atoms with E-state index in [4.69, 9.17) is 0 Å². The van der Waals surface area contributed by atoms with Crippen molar-refractivity contribution in [2.45, 2.75) is 17.7 Å². The van der Waals surface area contributed by atoms with Crippen LogP contribution in [0.3, 0.4) is 0 Å². The molecule has 0 unspecified atom stereocenters. The van der Waals surface area contributed by atoms with Gasteiger partial charge in [-0.25, -0.2) is 22.5 Å². The molecule has 6 nitrogen and oxygen atoms in total. The van der Waals surface area contributed by atoms with Crippen molar-refractivity contribution in [2.24, 2.45) is 0 Å². The quantitative estimate of drug-likeness (QED) is 0.764. The Morgan fingerprint density at radius 3 is 2.85 bits per heavy atom. The van der Waals surface area contributed by atoms with Gasteiger partial charge in [0.2, 0.25) is 10.0 Å². The summed E-state index contributed by atoms with van der Waals surface area (Å²) >= 11 is 3.08. The van der Waals surface area contributed by atoms with Crippen molar-refractivity contribution in [1.29, 1.82) is 0 Å². The number of nitrogens with one attached hydrogen (secondary N) is 2. The van der Waals surface area contributed by atoms with Gasteiger partial charge in [0.05, 0.1) is 0 Å². The number of hydrogen-bond donors (Lipinski definition) is 2. The third-order valence-electron chi connectivity index (χ3n) is 2.53. The van der Waals surface area contributed by atoms with Gasteiger partial charge in [0.25, 0.3) is 0 Å². The van der Waals surface area contributed by atoms with E-state index in [2.05, 4.69) is 35.8 Å². The third kappa shape index (κ3) is 3.84. The van der Waals surface area contributed by atoms with Crippen LogP contribution in [0.4, 0.5) is 4.39 Å². The number of rotatable bonds is 6. The first kappa shape index (κ1) is 15.1. The number of halogens is 2. The maximum Gasteiger partial charge on any atom is 0.243 e. The molecule has 1 heterocycles. The monoisotopic (exact) mass is 362 g/mol. The Morgan fingerprint density at radius 1 is 1.40 bits per heavy atom. The SMILES string of the molecule is O=S(=O)(NCCCc1ncn[nH]1)c1ccc(Br)cc1F. The first-order chi connectivity index (χ1) is 9.49. The normalized spacial score (nSPS) is 11.7. The van der Waals surface area contributed by atoms with Gasteiger partial charge in [-0.15, -0.1) is 0 Å². The lowest BCUT2D eigenvalue weighted by atomic mass is 10.3. The van der Waals surface area contributed by atoms with Crippen molar-refractivity contribution in [3.05, 3.63) is 40.6 Å². The number of aromatic nitrogens is 3. The molecule has 0 saturated carbocycles. The Hall–Kier alpha value is -1.32. The maximum absolute atomic E-state index is 13.6. The lowest BCUT2D eigenvalue weighted by Crippen LogP contribution is -2.26. The van der Waals surface area contributed by atoms with E-state index < -0.39 is 15.8 Å². The fraction of sp³-hybridized carbons (Fsp3) is 0.273. The minimum atomic E-state index is -3.84. The van der Waals surface area contributed by atoms with Gasteiger partial charge in [-0.05, 0) is 24.6 Å². The van der Waals surface area contributed by atoms with E-state index in [0.717, 1.165) is 6.07 Å². The minimum absolute atomic E-state index is 0.193. The Labute approximate surface area is 124 Å². The molecule has 0 aliphatic rings. The van der Waals surface area contributed by atoms with Crippen molar-refractivity contribution < 1.29 is 12.8 Å². The number of hydrogen-bond acceptors (Lipinski definition) is 4. The molecule has 2 rings (SSSR count). The Balaban J connectivity index is 1.93. The van der Waals surface area contributed by atoms with Gasteiger partial charge in [0.15, 0.2) is 0 Å². The highest BCUT2D eigenvalue weighted by molar-refractivity contribution is 9.10. The third-order valence-corrected chi connectivity index (χ3v) is 4.52. The van der Waals surface area contributed by atoms with Crippen LogP contribution in [-0.4, -0.2) is 30.1 Å². The molecule has 0 aliphatic carbocycles. The minimum Gasteiger partial charge on any atom is -0.263 e. The summed E-state index contributed by atoms with van der Waals surface area (Å²) in [6.45, 7) is 0.193. The fourth-order valence-corrected chi connectivity index (χ4v) is 3.05. The summed E-state index contributed by atoms with van der Waals surface area (Å²) in [5.74, 6) is -0.110. The summed E-state index contributed by atoms with van der Waals surface area (Å²) in [6, 6.07) is 3.81. The number of aryl methyl sites for hydroxylation is 1. The van der Waals surface area contributed by atoms with Crippen LogP contribution >= 0.6 is 15.9 Å². The van der Waals surface area contributed by atoms with Crippen LogP contribution in [0.2, 0.25) is 0 Å². The topological polar surface area (TPSA) is 87.7 Å². The molecule has 0 saturated heterocycles. The molecule has 20 heavy (non-hydrogen) atoms. The second-order valence-electron chi connectivity index (χ2n) is 4.01. The highest BCUT2D eigenvalue weighted by atomic mass is 79.9. The highest BCUT2D eigenvalue weighted by Crippen LogP contribution is 2.19. The summed E-state index contributed by atoms with van der Waals surface area (Å²) < 4.78 is 40.3. The standard InChI is InChI=1S/C11H12BrFN4O2S/c12-8-3-4-10(9(13)6-8)20(18,19)16-5-1-2-11-14-7-15-17-11/h3-4,6-7,16H,1-2,5H2,(H,14,15,17). The van der Waals surface area contributed by atoms with Crippen LogP contribution in [-0.2, 0) is 16.4 Å². The zero-order valence-corrected chi connectivity index (χ0v) is 12.7. The van der Waals surface area contributed by atoms with Crippen LogP contribution in [0.25, 0.3) is 0 Å². The number of aromatic amines is 1. The van der Waals surface area contributed by atoms with E-state index in [1.54, 1.807) is 0 Å². The maximum atomic E-state index is 13.6. The predicted octanol–water partition coefficient (Wildman–Crippen LogP) is 1.62. The van der Waals surface area contributed by atoms with Crippen LogP contribution in [0, 0.1) is 5.82 Å². The molecule has 2 aromatic rings. The number of benzene rings is 1. The molecule has 1 aromatic heterocycles. The fourth-order valence-electron chi connectivity index (χ4n) is 1.58. The lowest BCUT2D eigenvalue weighted by Gasteiger charge is -2.07. The van der Waals surface area contributed by atoms with Crippen molar-refractivity contribution in [3.63, 3.8) is 0 Å². The zero-order chi connectivity index (χ0) is 14.6. The average Bonchev–Trinajstić information content (AvgIpc) is 2.87. The van der Waals surface area contributed by atoms with Crippen molar-refractivity contribution in [1.82, 2.24) is 19.9 Å². The van der Waals surface area contributed by atoms with Gasteiger partial charge in [0, 0.05) is 17.4 Å². The van der Waals surface area contributed by atoms with Crippen LogP contribution in [0.15, 0.2) is 33.9 Å². The first-order valence-electron chi connectivity index (χ1n) is 5.78. The molecule has 0 radical (unpaired) electrons. The summed E-state index contributed by atoms with van der Waals surface area (Å²) in [7, 11) is -3.84. The van der Waals surface area contributed by atoms with E-state index in [1.807, 2.05) is 0 Å². The molecular formula is C11H12BrFN4O2S. The molecular weight excluding hydrogens is 351 g/mol. The molecule has 0 bridgehead atoms. The Bertz CT molecular complexity index is 676. The number of nitrogens with zero attached hydrogens (tertiary/aromatic N) is 2. The molecule has 0 fully saturated rings. The predicted molar refractivity (Wildman–Crippen MR) is 74.0 cm³/mol. The number of sulfonamides is 1.